The van der Waals surface area contributed by atoms with Gasteiger partial charge in [0, 0.05) is 13.0 Å². The third-order valence-electron chi connectivity index (χ3n) is 1.01. The number of carbonyl (C=O) groups is 1. The summed E-state index contributed by atoms with van der Waals surface area (Å²) in [4.78, 5) is 14.4. The number of aliphatic imine (C=N–C) groups is 1. The number of carbonyl (C=O) groups excluding carboxylic acids is 1. The van der Waals surface area contributed by atoms with Gasteiger partial charge in [0.1, 0.15) is 0 Å². The standard InChI is InChI=1S/C5H8N2O.ClH/c1-4-6-3-2-5(8)7-4;/h2-3H2,1H3,(H,6,7,8);1H. The molecule has 1 aliphatic heterocycles. The minimum absolute atomic E-state index is 0. The van der Waals surface area contributed by atoms with E-state index in [9.17, 15) is 4.79 Å². The number of rotatable bonds is 0. The molecule has 0 atom stereocenters. The van der Waals surface area contributed by atoms with E-state index in [-0.39, 0.29) is 18.3 Å². The van der Waals surface area contributed by atoms with Gasteiger partial charge in [-0.05, 0) is 6.92 Å². The van der Waals surface area contributed by atoms with E-state index in [1.807, 2.05) is 0 Å². The van der Waals surface area contributed by atoms with E-state index in [4.69, 9.17) is 0 Å². The molecule has 0 spiro atoms. The van der Waals surface area contributed by atoms with Crippen LogP contribution in [0.3, 0.4) is 0 Å². The number of hydrogen-bond donors (Lipinski definition) is 1. The van der Waals surface area contributed by atoms with Gasteiger partial charge in [-0.2, -0.15) is 0 Å². The maximum atomic E-state index is 10.5. The molecule has 0 aromatic heterocycles. The number of amidine groups is 1. The molecule has 0 bridgehead atoms. The third kappa shape index (κ3) is 2.46. The van der Waals surface area contributed by atoms with Gasteiger partial charge < -0.3 is 5.32 Å². The molecule has 1 heterocycles. The summed E-state index contributed by atoms with van der Waals surface area (Å²) in [5.41, 5.74) is 0. The van der Waals surface area contributed by atoms with E-state index in [2.05, 4.69) is 10.3 Å². The molecule has 0 fully saturated rings. The zero-order valence-corrected chi connectivity index (χ0v) is 5.99. The van der Waals surface area contributed by atoms with Crippen LogP contribution in [0, 0.1) is 0 Å². The fourth-order valence-electron chi connectivity index (χ4n) is 0.629. The monoisotopic (exact) mass is 148 g/mol. The average Bonchev–Trinajstić information content (AvgIpc) is 1.64. The zero-order chi connectivity index (χ0) is 5.98. The Kier molecular flexibility index (Phi) is 3.24. The average molecular weight is 149 g/mol. The first-order chi connectivity index (χ1) is 3.79. The molecule has 1 aliphatic rings. The van der Waals surface area contributed by atoms with Crippen LogP contribution in [0.15, 0.2) is 4.99 Å². The van der Waals surface area contributed by atoms with Crippen LogP contribution in [0.2, 0.25) is 0 Å². The molecular formula is C5H9ClN2O. The maximum Gasteiger partial charge on any atom is 0.227 e. The molecular weight excluding hydrogens is 140 g/mol. The van der Waals surface area contributed by atoms with Gasteiger partial charge in [-0.25, -0.2) is 0 Å². The van der Waals surface area contributed by atoms with Crippen LogP contribution >= 0.6 is 12.4 Å². The quantitative estimate of drug-likeness (QED) is 0.529. The van der Waals surface area contributed by atoms with E-state index in [1.165, 1.54) is 0 Å². The summed E-state index contributed by atoms with van der Waals surface area (Å²) in [6.45, 7) is 2.44. The van der Waals surface area contributed by atoms with Crippen LogP contribution in [-0.2, 0) is 4.79 Å². The van der Waals surface area contributed by atoms with Crippen molar-refractivity contribution in [1.82, 2.24) is 5.32 Å². The smallest absolute Gasteiger partial charge is 0.227 e. The van der Waals surface area contributed by atoms with Crippen LogP contribution < -0.4 is 5.32 Å². The van der Waals surface area contributed by atoms with Crippen molar-refractivity contribution >= 4 is 24.1 Å². The highest BCUT2D eigenvalue weighted by atomic mass is 35.5. The predicted octanol–water partition coefficient (Wildman–Crippen LogP) is 0.346. The second-order valence-corrected chi connectivity index (χ2v) is 1.77. The highest BCUT2D eigenvalue weighted by Gasteiger charge is 2.05. The Balaban J connectivity index is 0.000000640. The summed E-state index contributed by atoms with van der Waals surface area (Å²) in [6.07, 6.45) is 0.539. The summed E-state index contributed by atoms with van der Waals surface area (Å²) >= 11 is 0. The number of amides is 1. The van der Waals surface area contributed by atoms with Gasteiger partial charge in [0.25, 0.3) is 0 Å². The van der Waals surface area contributed by atoms with Gasteiger partial charge in [-0.1, -0.05) is 0 Å². The molecule has 0 aromatic rings. The molecule has 1 rings (SSSR count). The second-order valence-electron chi connectivity index (χ2n) is 1.77. The summed E-state index contributed by atoms with van der Waals surface area (Å²) in [5.74, 6) is 0.818. The second kappa shape index (κ2) is 3.45. The van der Waals surface area contributed by atoms with Crippen molar-refractivity contribution in [2.45, 2.75) is 13.3 Å². The molecule has 0 aliphatic carbocycles. The first-order valence-electron chi connectivity index (χ1n) is 2.60. The van der Waals surface area contributed by atoms with Gasteiger partial charge >= 0.3 is 0 Å². The Labute approximate surface area is 60.0 Å². The minimum Gasteiger partial charge on any atom is -0.315 e. The van der Waals surface area contributed by atoms with Crippen molar-refractivity contribution in [2.75, 3.05) is 6.54 Å². The zero-order valence-electron chi connectivity index (χ0n) is 5.18. The fraction of sp³-hybridized carbons (Fsp3) is 0.600. The molecule has 4 heteroatoms. The van der Waals surface area contributed by atoms with Gasteiger partial charge in [0.15, 0.2) is 0 Å². The summed E-state index contributed by atoms with van der Waals surface area (Å²) in [5, 5.41) is 2.59. The third-order valence-corrected chi connectivity index (χ3v) is 1.01. The van der Waals surface area contributed by atoms with Crippen molar-refractivity contribution in [3.63, 3.8) is 0 Å². The molecule has 52 valence electrons. The molecule has 0 saturated heterocycles. The summed E-state index contributed by atoms with van der Waals surface area (Å²) in [7, 11) is 0. The van der Waals surface area contributed by atoms with Crippen molar-refractivity contribution in [1.29, 1.82) is 0 Å². The minimum atomic E-state index is 0. The predicted molar refractivity (Wildman–Crippen MR) is 38.0 cm³/mol. The highest BCUT2D eigenvalue weighted by Crippen LogP contribution is 1.88. The van der Waals surface area contributed by atoms with Gasteiger partial charge in [0.05, 0.1) is 5.84 Å². The molecule has 0 unspecified atom stereocenters. The molecule has 1 amide bonds. The largest absolute Gasteiger partial charge is 0.315 e. The Morgan fingerprint density at radius 1 is 1.67 bits per heavy atom. The number of nitrogens with zero attached hydrogens (tertiary/aromatic N) is 1. The van der Waals surface area contributed by atoms with Crippen LogP contribution in [0.1, 0.15) is 13.3 Å². The lowest BCUT2D eigenvalue weighted by molar-refractivity contribution is -0.119. The maximum absolute atomic E-state index is 10.5. The van der Waals surface area contributed by atoms with Crippen LogP contribution in [0.4, 0.5) is 0 Å². The molecule has 9 heavy (non-hydrogen) atoms. The number of nitrogens with one attached hydrogen (secondary N) is 1. The van der Waals surface area contributed by atoms with Gasteiger partial charge in [-0.15, -0.1) is 12.4 Å². The SMILES string of the molecule is CC1=NCCC(=O)N1.Cl. The van der Waals surface area contributed by atoms with E-state index in [0.717, 1.165) is 5.84 Å². The Morgan fingerprint density at radius 3 is 2.67 bits per heavy atom. The van der Waals surface area contributed by atoms with Crippen molar-refractivity contribution in [3.8, 4) is 0 Å². The lowest BCUT2D eigenvalue weighted by Crippen LogP contribution is -2.32. The topological polar surface area (TPSA) is 41.5 Å². The van der Waals surface area contributed by atoms with Gasteiger partial charge in [-0.3, -0.25) is 9.79 Å². The first kappa shape index (κ1) is 8.43. The normalized spacial score (nSPS) is 17.4. The molecule has 1 N–H and O–H groups in total. The first-order valence-corrected chi connectivity index (χ1v) is 2.60. The Hall–Kier alpha value is -0.570. The lowest BCUT2D eigenvalue weighted by atomic mass is 10.3. The Bertz CT molecular complexity index is 144. The van der Waals surface area contributed by atoms with E-state index in [0.29, 0.717) is 13.0 Å². The summed E-state index contributed by atoms with van der Waals surface area (Å²) < 4.78 is 0. The summed E-state index contributed by atoms with van der Waals surface area (Å²) in [6, 6.07) is 0. The van der Waals surface area contributed by atoms with E-state index < -0.39 is 0 Å². The van der Waals surface area contributed by atoms with Crippen LogP contribution in [0.25, 0.3) is 0 Å². The van der Waals surface area contributed by atoms with Crippen LogP contribution in [-0.4, -0.2) is 18.3 Å². The molecule has 0 saturated carbocycles. The number of hydrogen-bond acceptors (Lipinski definition) is 2. The van der Waals surface area contributed by atoms with E-state index in [1.54, 1.807) is 6.92 Å². The van der Waals surface area contributed by atoms with Gasteiger partial charge in [0.2, 0.25) is 5.91 Å². The highest BCUT2D eigenvalue weighted by molar-refractivity contribution is 5.98. The molecule has 3 nitrogen and oxygen atoms in total. The lowest BCUT2D eigenvalue weighted by Gasteiger charge is -2.07. The van der Waals surface area contributed by atoms with Crippen molar-refractivity contribution in [3.05, 3.63) is 0 Å². The van der Waals surface area contributed by atoms with Crippen molar-refractivity contribution < 1.29 is 4.79 Å². The van der Waals surface area contributed by atoms with E-state index >= 15 is 0 Å². The Morgan fingerprint density at radius 2 is 2.33 bits per heavy atom. The molecule has 0 radical (unpaired) electrons. The van der Waals surface area contributed by atoms with Crippen molar-refractivity contribution in [2.24, 2.45) is 4.99 Å². The molecule has 0 aromatic carbocycles. The fourth-order valence-corrected chi connectivity index (χ4v) is 0.629. The van der Waals surface area contributed by atoms with Crippen LogP contribution in [0.5, 0.6) is 0 Å². The number of halogens is 1.